The van der Waals surface area contributed by atoms with Crippen molar-refractivity contribution in [2.75, 3.05) is 19.0 Å². The molecule has 0 aliphatic carbocycles. The lowest BCUT2D eigenvalue weighted by molar-refractivity contribution is -0.120. The fourth-order valence-electron chi connectivity index (χ4n) is 4.05. The quantitative estimate of drug-likeness (QED) is 0.577. The second kappa shape index (κ2) is 8.68. The fraction of sp³-hybridized carbons (Fsp3) is 0.222. The Morgan fingerprint density at radius 2 is 1.71 bits per heavy atom. The molecule has 0 unspecified atom stereocenters. The van der Waals surface area contributed by atoms with Crippen LogP contribution in [0.15, 0.2) is 78.9 Å². The van der Waals surface area contributed by atoms with E-state index in [4.69, 9.17) is 4.74 Å². The van der Waals surface area contributed by atoms with Gasteiger partial charge in [-0.25, -0.2) is 0 Å². The average molecular weight is 413 g/mol. The van der Waals surface area contributed by atoms with Gasteiger partial charge in [-0.05, 0) is 48.7 Å². The third-order valence-electron chi connectivity index (χ3n) is 5.46. The molecule has 0 saturated carbocycles. The van der Waals surface area contributed by atoms with E-state index in [1.165, 1.54) is 0 Å². The Bertz CT molecular complexity index is 1120. The lowest BCUT2D eigenvalue weighted by Gasteiger charge is -2.33. The van der Waals surface area contributed by atoms with Gasteiger partial charge >= 0.3 is 0 Å². The fourth-order valence-corrected chi connectivity index (χ4v) is 4.05. The van der Waals surface area contributed by atoms with Crippen LogP contribution in [0, 0.1) is 0 Å². The maximum atomic E-state index is 12.5. The first-order valence-corrected chi connectivity index (χ1v) is 10.5. The van der Waals surface area contributed by atoms with Crippen molar-refractivity contribution < 1.29 is 9.53 Å². The number of rotatable bonds is 6. The predicted molar refractivity (Wildman–Crippen MR) is 127 cm³/mol. The van der Waals surface area contributed by atoms with Crippen molar-refractivity contribution in [2.45, 2.75) is 25.8 Å². The Kier molecular flexibility index (Phi) is 5.81. The minimum absolute atomic E-state index is 0.0193. The first-order valence-electron chi connectivity index (χ1n) is 10.5. The lowest BCUT2D eigenvalue weighted by Crippen LogP contribution is -2.34. The third kappa shape index (κ3) is 4.80. The van der Waals surface area contributed by atoms with E-state index in [0.29, 0.717) is 13.0 Å². The zero-order chi connectivity index (χ0) is 21.8. The molecular formula is C27H28N2O2. The molecule has 4 rings (SSSR count). The predicted octanol–water partition coefficient (Wildman–Crippen LogP) is 5.31. The van der Waals surface area contributed by atoms with Gasteiger partial charge in [0.2, 0.25) is 5.91 Å². The third-order valence-corrected chi connectivity index (χ3v) is 5.46. The smallest absolute Gasteiger partial charge is 0.224 e. The van der Waals surface area contributed by atoms with Crippen molar-refractivity contribution >= 4 is 17.2 Å². The summed E-state index contributed by atoms with van der Waals surface area (Å²) in [6.45, 7) is 4.75. The van der Waals surface area contributed by atoms with Crippen LogP contribution in [0.4, 0.5) is 5.69 Å². The molecule has 1 amide bonds. The molecule has 31 heavy (non-hydrogen) atoms. The maximum Gasteiger partial charge on any atom is 0.224 e. The largest absolute Gasteiger partial charge is 0.496 e. The number of hydrogen-bond donors (Lipinski definition) is 2. The van der Waals surface area contributed by atoms with E-state index in [0.717, 1.165) is 39.3 Å². The highest BCUT2D eigenvalue weighted by Crippen LogP contribution is 2.38. The summed E-state index contributed by atoms with van der Waals surface area (Å²) >= 11 is 0. The molecule has 158 valence electrons. The van der Waals surface area contributed by atoms with Crippen molar-refractivity contribution in [1.29, 1.82) is 0 Å². The molecule has 1 aliphatic heterocycles. The molecule has 3 aromatic rings. The molecule has 4 heteroatoms. The van der Waals surface area contributed by atoms with E-state index in [1.54, 1.807) is 7.11 Å². The van der Waals surface area contributed by atoms with Gasteiger partial charge in [0.15, 0.2) is 0 Å². The van der Waals surface area contributed by atoms with E-state index in [1.807, 2.05) is 48.5 Å². The number of benzene rings is 3. The van der Waals surface area contributed by atoms with Crippen molar-refractivity contribution in [3.63, 3.8) is 0 Å². The van der Waals surface area contributed by atoms with Gasteiger partial charge in [0.25, 0.3) is 0 Å². The summed E-state index contributed by atoms with van der Waals surface area (Å²) in [6, 6.07) is 24.2. The Morgan fingerprint density at radius 3 is 2.48 bits per heavy atom. The number of nitrogens with one attached hydrogen (secondary N) is 2. The number of ether oxygens (including phenoxy) is 1. The highest BCUT2D eigenvalue weighted by atomic mass is 16.5. The van der Waals surface area contributed by atoms with Crippen LogP contribution in [-0.4, -0.2) is 25.1 Å². The van der Waals surface area contributed by atoms with Crippen molar-refractivity contribution in [3.05, 3.63) is 90.0 Å². The topological polar surface area (TPSA) is 50.4 Å². The second-order valence-electron chi connectivity index (χ2n) is 8.42. The zero-order valence-electron chi connectivity index (χ0n) is 18.2. The SMILES string of the molecule is COc1ccccc1-c1ccc2c(c1)C(CNC(=O)Cc1ccccc1)=CC(C)(C)N2. The van der Waals surface area contributed by atoms with E-state index in [9.17, 15) is 4.79 Å². The van der Waals surface area contributed by atoms with Gasteiger partial charge in [0, 0.05) is 23.4 Å². The van der Waals surface area contributed by atoms with Crippen LogP contribution in [0.3, 0.4) is 0 Å². The molecule has 0 spiro atoms. The Balaban J connectivity index is 1.59. The molecule has 0 bridgehead atoms. The van der Waals surface area contributed by atoms with Crippen molar-refractivity contribution in [3.8, 4) is 16.9 Å². The number of methoxy groups -OCH3 is 1. The highest BCUT2D eigenvalue weighted by Gasteiger charge is 2.25. The minimum atomic E-state index is -0.196. The molecule has 0 saturated heterocycles. The summed E-state index contributed by atoms with van der Waals surface area (Å²) in [5.74, 6) is 0.860. The van der Waals surface area contributed by atoms with Crippen LogP contribution < -0.4 is 15.4 Å². The Hall–Kier alpha value is -3.53. The maximum absolute atomic E-state index is 12.5. The number of carbonyl (C=O) groups excluding carboxylic acids is 1. The Labute approximate surface area is 184 Å². The summed E-state index contributed by atoms with van der Waals surface area (Å²) < 4.78 is 5.55. The number of hydrogen-bond acceptors (Lipinski definition) is 3. The number of fused-ring (bicyclic) bond motifs is 1. The molecule has 2 N–H and O–H groups in total. The first kappa shape index (κ1) is 20.7. The minimum Gasteiger partial charge on any atom is -0.496 e. The zero-order valence-corrected chi connectivity index (χ0v) is 18.2. The normalized spacial score (nSPS) is 14.1. The summed E-state index contributed by atoms with van der Waals surface area (Å²) in [6.07, 6.45) is 2.58. The van der Waals surface area contributed by atoms with Gasteiger partial charge in [-0.1, -0.05) is 60.7 Å². The van der Waals surface area contributed by atoms with Crippen LogP contribution in [0.25, 0.3) is 16.7 Å². The summed E-state index contributed by atoms with van der Waals surface area (Å²) in [5.41, 5.74) is 6.22. The van der Waals surface area contributed by atoms with E-state index >= 15 is 0 Å². The molecule has 0 radical (unpaired) electrons. The molecule has 1 aliphatic rings. The monoisotopic (exact) mass is 412 g/mol. The molecule has 1 heterocycles. The van der Waals surface area contributed by atoms with Crippen LogP contribution in [0.5, 0.6) is 5.75 Å². The Morgan fingerprint density at radius 1 is 0.968 bits per heavy atom. The van der Waals surface area contributed by atoms with Crippen LogP contribution in [0.2, 0.25) is 0 Å². The highest BCUT2D eigenvalue weighted by molar-refractivity contribution is 5.88. The van der Waals surface area contributed by atoms with Crippen LogP contribution in [-0.2, 0) is 11.2 Å². The second-order valence-corrected chi connectivity index (χ2v) is 8.42. The molecule has 0 atom stereocenters. The molecule has 4 nitrogen and oxygen atoms in total. The number of carbonyl (C=O) groups is 1. The van der Waals surface area contributed by atoms with Gasteiger partial charge in [-0.3, -0.25) is 4.79 Å². The summed E-state index contributed by atoms with van der Waals surface area (Å²) in [7, 11) is 1.69. The lowest BCUT2D eigenvalue weighted by atomic mass is 9.88. The van der Waals surface area contributed by atoms with Gasteiger partial charge < -0.3 is 15.4 Å². The number of para-hydroxylation sites is 1. The van der Waals surface area contributed by atoms with Crippen LogP contribution >= 0.6 is 0 Å². The average Bonchev–Trinajstić information content (AvgIpc) is 2.77. The van der Waals surface area contributed by atoms with Crippen LogP contribution in [0.1, 0.15) is 25.0 Å². The number of amides is 1. The van der Waals surface area contributed by atoms with E-state index in [2.05, 4.69) is 54.8 Å². The van der Waals surface area contributed by atoms with Gasteiger partial charge in [-0.2, -0.15) is 0 Å². The molecule has 0 aromatic heterocycles. The van der Waals surface area contributed by atoms with Gasteiger partial charge in [0.05, 0.1) is 19.1 Å². The van der Waals surface area contributed by atoms with Crippen molar-refractivity contribution in [1.82, 2.24) is 5.32 Å². The van der Waals surface area contributed by atoms with E-state index < -0.39 is 0 Å². The van der Waals surface area contributed by atoms with Gasteiger partial charge in [-0.15, -0.1) is 0 Å². The molecule has 3 aromatic carbocycles. The summed E-state index contributed by atoms with van der Waals surface area (Å²) in [5, 5.41) is 6.68. The van der Waals surface area contributed by atoms with Crippen molar-refractivity contribution in [2.24, 2.45) is 0 Å². The number of anilines is 1. The molecular weight excluding hydrogens is 384 g/mol. The summed E-state index contributed by atoms with van der Waals surface area (Å²) in [4.78, 5) is 12.5. The molecule has 0 fully saturated rings. The first-order chi connectivity index (χ1) is 14.9. The van der Waals surface area contributed by atoms with Gasteiger partial charge in [0.1, 0.15) is 5.75 Å². The van der Waals surface area contributed by atoms with E-state index in [-0.39, 0.29) is 11.4 Å². The standard InChI is InChI=1S/C27H28N2O2/c1-27(2)17-21(18-28-26(30)15-19-9-5-4-6-10-19)23-16-20(13-14-24(23)29-27)22-11-7-8-12-25(22)31-3/h4-14,16-17,29H,15,18H2,1-3H3,(H,28,30).